The zero-order valence-corrected chi connectivity index (χ0v) is 16.7. The van der Waals surface area contributed by atoms with Gasteiger partial charge in [-0.05, 0) is 36.8 Å². The maximum atomic E-state index is 12.6. The maximum Gasteiger partial charge on any atom is 0.251 e. The molecule has 1 N–H and O–H groups in total. The van der Waals surface area contributed by atoms with Crippen LogP contribution in [-0.2, 0) is 16.1 Å². The average molecular weight is 396 g/mol. The molecule has 0 spiro atoms. The van der Waals surface area contributed by atoms with Crippen LogP contribution in [0.3, 0.4) is 0 Å². The Morgan fingerprint density at radius 2 is 1.69 bits per heavy atom. The third-order valence-electron chi connectivity index (χ3n) is 4.97. The number of imide groups is 1. The molecule has 1 saturated heterocycles. The van der Waals surface area contributed by atoms with E-state index in [0.717, 1.165) is 11.1 Å². The molecule has 1 aliphatic heterocycles. The molecule has 1 unspecified atom stereocenters. The Bertz CT molecular complexity index is 907. The van der Waals surface area contributed by atoms with Gasteiger partial charge in [0.1, 0.15) is 11.5 Å². The Kier molecular flexibility index (Phi) is 6.16. The van der Waals surface area contributed by atoms with Crippen LogP contribution in [0, 0.1) is 0 Å². The van der Waals surface area contributed by atoms with Gasteiger partial charge in [-0.15, -0.1) is 0 Å². The van der Waals surface area contributed by atoms with Crippen LogP contribution >= 0.6 is 0 Å². The van der Waals surface area contributed by atoms with E-state index < -0.39 is 0 Å². The van der Waals surface area contributed by atoms with Crippen molar-refractivity contribution in [3.8, 4) is 11.5 Å². The smallest absolute Gasteiger partial charge is 0.251 e. The lowest BCUT2D eigenvalue weighted by Crippen LogP contribution is -2.28. The van der Waals surface area contributed by atoms with Gasteiger partial charge in [-0.3, -0.25) is 19.3 Å². The molecule has 152 valence electrons. The van der Waals surface area contributed by atoms with Gasteiger partial charge in [-0.1, -0.05) is 12.1 Å². The summed E-state index contributed by atoms with van der Waals surface area (Å²) in [4.78, 5) is 37.3. The minimum Gasteiger partial charge on any atom is -0.497 e. The van der Waals surface area contributed by atoms with Gasteiger partial charge in [0.2, 0.25) is 11.8 Å². The molecule has 7 heteroatoms. The maximum absolute atomic E-state index is 12.6. The molecule has 1 fully saturated rings. The molecule has 29 heavy (non-hydrogen) atoms. The SMILES string of the molecule is COc1ccc(C(C)NC(=O)c2ccc(CN3C(=O)CCC3=O)cc2)c(OC)c1. The van der Waals surface area contributed by atoms with E-state index in [0.29, 0.717) is 17.1 Å². The van der Waals surface area contributed by atoms with Crippen molar-refractivity contribution in [1.82, 2.24) is 10.2 Å². The summed E-state index contributed by atoms with van der Waals surface area (Å²) >= 11 is 0. The number of benzene rings is 2. The Morgan fingerprint density at radius 3 is 2.28 bits per heavy atom. The van der Waals surface area contributed by atoms with Crippen LogP contribution in [0.2, 0.25) is 0 Å². The summed E-state index contributed by atoms with van der Waals surface area (Å²) in [5, 5.41) is 2.95. The summed E-state index contributed by atoms with van der Waals surface area (Å²) < 4.78 is 10.6. The lowest BCUT2D eigenvalue weighted by molar-refractivity contribution is -0.139. The molecule has 3 rings (SSSR count). The Hall–Kier alpha value is -3.35. The number of carbonyl (C=O) groups is 3. The van der Waals surface area contributed by atoms with Crippen LogP contribution in [-0.4, -0.2) is 36.8 Å². The first-order valence-electron chi connectivity index (χ1n) is 9.38. The zero-order chi connectivity index (χ0) is 21.0. The van der Waals surface area contributed by atoms with E-state index in [-0.39, 0.29) is 43.1 Å². The van der Waals surface area contributed by atoms with Crippen molar-refractivity contribution >= 4 is 17.7 Å². The monoisotopic (exact) mass is 396 g/mol. The van der Waals surface area contributed by atoms with Gasteiger partial charge >= 0.3 is 0 Å². The fourth-order valence-electron chi connectivity index (χ4n) is 3.28. The molecule has 2 aromatic rings. The van der Waals surface area contributed by atoms with Crippen molar-refractivity contribution in [1.29, 1.82) is 0 Å². The summed E-state index contributed by atoms with van der Waals surface area (Å²) in [5.41, 5.74) is 2.13. The van der Waals surface area contributed by atoms with Gasteiger partial charge in [0.05, 0.1) is 26.8 Å². The van der Waals surface area contributed by atoms with E-state index in [1.54, 1.807) is 44.6 Å². The Morgan fingerprint density at radius 1 is 1.03 bits per heavy atom. The molecular formula is C22H24N2O5. The van der Waals surface area contributed by atoms with E-state index in [1.165, 1.54) is 4.90 Å². The second kappa shape index (κ2) is 8.77. The predicted molar refractivity (Wildman–Crippen MR) is 107 cm³/mol. The number of carbonyl (C=O) groups excluding carboxylic acids is 3. The molecule has 0 aromatic heterocycles. The number of methoxy groups -OCH3 is 2. The van der Waals surface area contributed by atoms with Crippen LogP contribution in [0.25, 0.3) is 0 Å². The fourth-order valence-corrected chi connectivity index (χ4v) is 3.28. The molecule has 0 radical (unpaired) electrons. The number of hydrogen-bond acceptors (Lipinski definition) is 5. The van der Waals surface area contributed by atoms with E-state index in [9.17, 15) is 14.4 Å². The van der Waals surface area contributed by atoms with E-state index in [2.05, 4.69) is 5.32 Å². The average Bonchev–Trinajstić information content (AvgIpc) is 3.05. The lowest BCUT2D eigenvalue weighted by atomic mass is 10.1. The van der Waals surface area contributed by atoms with E-state index >= 15 is 0 Å². The molecule has 2 aromatic carbocycles. The van der Waals surface area contributed by atoms with Crippen LogP contribution in [0.15, 0.2) is 42.5 Å². The summed E-state index contributed by atoms with van der Waals surface area (Å²) in [7, 11) is 3.15. The van der Waals surface area contributed by atoms with Crippen molar-refractivity contribution in [3.63, 3.8) is 0 Å². The van der Waals surface area contributed by atoms with Crippen molar-refractivity contribution in [3.05, 3.63) is 59.2 Å². The largest absolute Gasteiger partial charge is 0.497 e. The van der Waals surface area contributed by atoms with Gasteiger partial charge in [0.15, 0.2) is 0 Å². The minimum atomic E-state index is -0.275. The molecule has 3 amide bonds. The molecule has 1 heterocycles. The summed E-state index contributed by atoms with van der Waals surface area (Å²) in [6.45, 7) is 2.11. The van der Waals surface area contributed by atoms with Gasteiger partial charge < -0.3 is 14.8 Å². The normalized spacial score (nSPS) is 14.7. The first-order chi connectivity index (χ1) is 13.9. The zero-order valence-electron chi connectivity index (χ0n) is 16.7. The van der Waals surface area contributed by atoms with Crippen molar-refractivity contribution in [2.45, 2.75) is 32.4 Å². The van der Waals surface area contributed by atoms with Crippen LogP contribution in [0.4, 0.5) is 0 Å². The first kappa shape index (κ1) is 20.4. The molecule has 0 bridgehead atoms. The Labute approximate surface area is 169 Å². The number of rotatable bonds is 7. The summed E-state index contributed by atoms with van der Waals surface area (Å²) in [5.74, 6) is 0.774. The second-order valence-electron chi connectivity index (χ2n) is 6.87. The minimum absolute atomic E-state index is 0.154. The Balaban J connectivity index is 1.66. The van der Waals surface area contributed by atoms with E-state index in [1.807, 2.05) is 19.1 Å². The third kappa shape index (κ3) is 4.56. The second-order valence-corrected chi connectivity index (χ2v) is 6.87. The number of amides is 3. The van der Waals surface area contributed by atoms with Crippen LogP contribution in [0.5, 0.6) is 11.5 Å². The van der Waals surface area contributed by atoms with Crippen molar-refractivity contribution in [2.24, 2.45) is 0 Å². The topological polar surface area (TPSA) is 84.9 Å². The first-order valence-corrected chi connectivity index (χ1v) is 9.38. The van der Waals surface area contributed by atoms with Gasteiger partial charge in [0, 0.05) is 30.0 Å². The van der Waals surface area contributed by atoms with Crippen molar-refractivity contribution < 1.29 is 23.9 Å². The number of hydrogen-bond donors (Lipinski definition) is 1. The number of likely N-dealkylation sites (tertiary alicyclic amines) is 1. The molecule has 1 aliphatic rings. The van der Waals surface area contributed by atoms with Gasteiger partial charge in [0.25, 0.3) is 5.91 Å². The highest BCUT2D eigenvalue weighted by Gasteiger charge is 2.28. The standard InChI is InChI=1S/C22H24N2O5/c1-14(18-9-8-17(28-2)12-19(18)29-3)23-22(27)16-6-4-15(5-7-16)13-24-20(25)10-11-21(24)26/h4-9,12,14H,10-11,13H2,1-3H3,(H,23,27). The van der Waals surface area contributed by atoms with Crippen LogP contribution < -0.4 is 14.8 Å². The fraction of sp³-hybridized carbons (Fsp3) is 0.318. The lowest BCUT2D eigenvalue weighted by Gasteiger charge is -2.18. The summed E-state index contributed by atoms with van der Waals surface area (Å²) in [6, 6.07) is 12.1. The number of ether oxygens (including phenoxy) is 2. The number of nitrogens with one attached hydrogen (secondary N) is 1. The van der Waals surface area contributed by atoms with Crippen molar-refractivity contribution in [2.75, 3.05) is 14.2 Å². The predicted octanol–water partition coefficient (Wildman–Crippen LogP) is 2.84. The van der Waals surface area contributed by atoms with Gasteiger partial charge in [-0.2, -0.15) is 0 Å². The molecule has 1 atom stereocenters. The third-order valence-corrected chi connectivity index (χ3v) is 4.97. The van der Waals surface area contributed by atoms with Crippen LogP contribution in [0.1, 0.15) is 47.3 Å². The van der Waals surface area contributed by atoms with Gasteiger partial charge in [-0.25, -0.2) is 0 Å². The highest BCUT2D eigenvalue weighted by Crippen LogP contribution is 2.29. The molecular weight excluding hydrogens is 372 g/mol. The summed E-state index contributed by atoms with van der Waals surface area (Å²) in [6.07, 6.45) is 0.540. The molecule has 0 saturated carbocycles. The highest BCUT2D eigenvalue weighted by molar-refractivity contribution is 6.01. The highest BCUT2D eigenvalue weighted by atomic mass is 16.5. The quantitative estimate of drug-likeness (QED) is 0.728. The molecule has 0 aliphatic carbocycles. The number of nitrogens with zero attached hydrogens (tertiary/aromatic N) is 1. The van der Waals surface area contributed by atoms with E-state index in [4.69, 9.17) is 9.47 Å². The molecule has 7 nitrogen and oxygen atoms in total.